The third-order valence-corrected chi connectivity index (χ3v) is 4.00. The molecule has 0 bridgehead atoms. The maximum atomic E-state index is 13.6. The summed E-state index contributed by atoms with van der Waals surface area (Å²) in [5.74, 6) is -1.91. The first kappa shape index (κ1) is 15.9. The summed E-state index contributed by atoms with van der Waals surface area (Å²) in [6.45, 7) is 1.27. The number of rotatable bonds is 4. The number of benzene rings is 1. The number of anilines is 1. The van der Waals surface area contributed by atoms with Gasteiger partial charge in [0.1, 0.15) is 5.82 Å². The number of nitrogens with zero attached hydrogens (tertiary/aromatic N) is 1. The molecule has 1 heterocycles. The molecule has 1 saturated heterocycles. The highest BCUT2D eigenvalue weighted by Crippen LogP contribution is 2.20. The quantitative estimate of drug-likeness (QED) is 0.866. The van der Waals surface area contributed by atoms with Crippen molar-refractivity contribution >= 4 is 33.5 Å². The Kier molecular flexibility index (Phi) is 5.30. The first-order valence-electron chi connectivity index (χ1n) is 6.66. The molecule has 0 saturated carbocycles. The van der Waals surface area contributed by atoms with Gasteiger partial charge in [0.25, 0.3) is 0 Å². The number of nitrogens with one attached hydrogen (secondary N) is 1. The van der Waals surface area contributed by atoms with Crippen LogP contribution < -0.4 is 5.32 Å². The van der Waals surface area contributed by atoms with Crippen molar-refractivity contribution in [3.63, 3.8) is 0 Å². The van der Waals surface area contributed by atoms with Crippen LogP contribution in [-0.2, 0) is 9.59 Å². The van der Waals surface area contributed by atoms with Crippen molar-refractivity contribution in [2.45, 2.75) is 12.8 Å². The molecule has 2 N–H and O–H groups in total. The normalized spacial score (nSPS) is 16.7. The molecular weight excluding hydrogens is 343 g/mol. The van der Waals surface area contributed by atoms with Gasteiger partial charge in [0.15, 0.2) is 0 Å². The zero-order valence-electron chi connectivity index (χ0n) is 11.3. The van der Waals surface area contributed by atoms with Gasteiger partial charge in [-0.2, -0.15) is 0 Å². The molecule has 1 aromatic rings. The van der Waals surface area contributed by atoms with E-state index >= 15 is 0 Å². The molecule has 1 fully saturated rings. The second kappa shape index (κ2) is 7.00. The predicted molar refractivity (Wildman–Crippen MR) is 79.5 cm³/mol. The average molecular weight is 359 g/mol. The Labute approximate surface area is 130 Å². The van der Waals surface area contributed by atoms with Gasteiger partial charge in [-0.1, -0.05) is 15.9 Å². The van der Waals surface area contributed by atoms with E-state index in [1.54, 1.807) is 6.07 Å². The molecule has 5 nitrogen and oxygen atoms in total. The number of carbonyl (C=O) groups excluding carboxylic acids is 1. The van der Waals surface area contributed by atoms with E-state index in [2.05, 4.69) is 21.2 Å². The van der Waals surface area contributed by atoms with Crippen LogP contribution in [0.2, 0.25) is 0 Å². The number of aliphatic carboxylic acids is 1. The molecule has 0 radical (unpaired) electrons. The summed E-state index contributed by atoms with van der Waals surface area (Å²) in [5, 5.41) is 11.4. The fourth-order valence-electron chi connectivity index (χ4n) is 2.32. The second-order valence-electron chi connectivity index (χ2n) is 5.06. The Morgan fingerprint density at radius 1 is 1.38 bits per heavy atom. The highest BCUT2D eigenvalue weighted by atomic mass is 79.9. The largest absolute Gasteiger partial charge is 0.481 e. The van der Waals surface area contributed by atoms with E-state index in [0.29, 0.717) is 30.4 Å². The van der Waals surface area contributed by atoms with Crippen LogP contribution in [0.15, 0.2) is 22.7 Å². The van der Waals surface area contributed by atoms with E-state index in [9.17, 15) is 14.0 Å². The SMILES string of the molecule is O=C(CN1CCC(C(=O)O)CC1)Nc1ccc(Br)cc1F. The molecule has 2 rings (SSSR count). The Balaban J connectivity index is 1.84. The molecule has 0 unspecified atom stereocenters. The van der Waals surface area contributed by atoms with Gasteiger partial charge in [0.05, 0.1) is 18.2 Å². The summed E-state index contributed by atoms with van der Waals surface area (Å²) in [7, 11) is 0. The third kappa shape index (κ3) is 4.50. The van der Waals surface area contributed by atoms with Gasteiger partial charge in [0.2, 0.25) is 5.91 Å². The Morgan fingerprint density at radius 2 is 2.05 bits per heavy atom. The van der Waals surface area contributed by atoms with Crippen LogP contribution in [-0.4, -0.2) is 41.5 Å². The van der Waals surface area contributed by atoms with Crippen LogP contribution in [0.1, 0.15) is 12.8 Å². The minimum Gasteiger partial charge on any atom is -0.481 e. The van der Waals surface area contributed by atoms with Crippen LogP contribution in [0.4, 0.5) is 10.1 Å². The van der Waals surface area contributed by atoms with Gasteiger partial charge in [-0.3, -0.25) is 14.5 Å². The van der Waals surface area contributed by atoms with Crippen molar-refractivity contribution in [1.82, 2.24) is 4.90 Å². The van der Waals surface area contributed by atoms with Gasteiger partial charge in [-0.05, 0) is 44.1 Å². The van der Waals surface area contributed by atoms with Crippen LogP contribution in [0.25, 0.3) is 0 Å². The summed E-state index contributed by atoms with van der Waals surface area (Å²) in [6.07, 6.45) is 1.07. The van der Waals surface area contributed by atoms with Crippen molar-refractivity contribution in [3.8, 4) is 0 Å². The molecule has 7 heteroatoms. The van der Waals surface area contributed by atoms with Gasteiger partial charge >= 0.3 is 5.97 Å². The van der Waals surface area contributed by atoms with E-state index in [4.69, 9.17) is 5.11 Å². The van der Waals surface area contributed by atoms with E-state index < -0.39 is 11.8 Å². The van der Waals surface area contributed by atoms with Crippen LogP contribution in [0, 0.1) is 11.7 Å². The lowest BCUT2D eigenvalue weighted by Gasteiger charge is -2.29. The topological polar surface area (TPSA) is 69.6 Å². The third-order valence-electron chi connectivity index (χ3n) is 3.51. The van der Waals surface area contributed by atoms with Crippen molar-refractivity contribution < 1.29 is 19.1 Å². The van der Waals surface area contributed by atoms with Crippen LogP contribution in [0.5, 0.6) is 0 Å². The Bertz CT molecular complexity index is 545. The fraction of sp³-hybridized carbons (Fsp3) is 0.429. The maximum Gasteiger partial charge on any atom is 0.306 e. The fourth-order valence-corrected chi connectivity index (χ4v) is 2.65. The zero-order chi connectivity index (χ0) is 15.4. The number of carbonyl (C=O) groups is 2. The average Bonchev–Trinajstić information content (AvgIpc) is 2.42. The molecule has 1 amide bonds. The van der Waals surface area contributed by atoms with Gasteiger partial charge in [-0.15, -0.1) is 0 Å². The van der Waals surface area contributed by atoms with Crippen molar-refractivity contribution in [1.29, 1.82) is 0 Å². The van der Waals surface area contributed by atoms with E-state index in [-0.39, 0.29) is 24.1 Å². The smallest absolute Gasteiger partial charge is 0.306 e. The van der Waals surface area contributed by atoms with E-state index in [1.165, 1.54) is 12.1 Å². The molecule has 1 aliphatic rings. The molecular formula is C14H16BrFN2O3. The summed E-state index contributed by atoms with van der Waals surface area (Å²) in [4.78, 5) is 24.6. The minimum absolute atomic E-state index is 0.141. The van der Waals surface area contributed by atoms with Crippen LogP contribution >= 0.6 is 15.9 Å². The monoisotopic (exact) mass is 358 g/mol. The van der Waals surface area contributed by atoms with Crippen molar-refractivity contribution in [2.24, 2.45) is 5.92 Å². The number of amides is 1. The van der Waals surface area contributed by atoms with Crippen LogP contribution in [0.3, 0.4) is 0 Å². The highest BCUT2D eigenvalue weighted by Gasteiger charge is 2.25. The van der Waals surface area contributed by atoms with E-state index in [1.807, 2.05) is 4.90 Å². The Hall–Kier alpha value is -1.47. The molecule has 21 heavy (non-hydrogen) atoms. The number of carboxylic acids is 1. The number of carboxylic acid groups (broad SMARTS) is 1. The highest BCUT2D eigenvalue weighted by molar-refractivity contribution is 9.10. The molecule has 1 aromatic carbocycles. The molecule has 114 valence electrons. The summed E-state index contributed by atoms with van der Waals surface area (Å²) in [5.41, 5.74) is 0.142. The number of halogens is 2. The lowest BCUT2D eigenvalue weighted by atomic mass is 9.97. The lowest BCUT2D eigenvalue weighted by molar-refractivity contribution is -0.143. The van der Waals surface area contributed by atoms with Gasteiger partial charge in [-0.25, -0.2) is 4.39 Å². The van der Waals surface area contributed by atoms with E-state index in [0.717, 1.165) is 0 Å². The van der Waals surface area contributed by atoms with Gasteiger partial charge in [0, 0.05) is 4.47 Å². The summed E-state index contributed by atoms with van der Waals surface area (Å²) < 4.78 is 14.2. The number of likely N-dealkylation sites (tertiary alicyclic amines) is 1. The zero-order valence-corrected chi connectivity index (χ0v) is 12.9. The van der Waals surface area contributed by atoms with Crippen molar-refractivity contribution in [3.05, 3.63) is 28.5 Å². The Morgan fingerprint density at radius 3 is 2.62 bits per heavy atom. The molecule has 0 atom stereocenters. The maximum absolute atomic E-state index is 13.6. The van der Waals surface area contributed by atoms with Crippen molar-refractivity contribution in [2.75, 3.05) is 25.0 Å². The summed E-state index contributed by atoms with van der Waals surface area (Å²) in [6, 6.07) is 4.43. The minimum atomic E-state index is -0.781. The second-order valence-corrected chi connectivity index (χ2v) is 5.98. The molecule has 0 spiro atoms. The number of hydrogen-bond acceptors (Lipinski definition) is 3. The summed E-state index contributed by atoms with van der Waals surface area (Å²) >= 11 is 3.15. The number of hydrogen-bond donors (Lipinski definition) is 2. The molecule has 0 aliphatic carbocycles. The lowest BCUT2D eigenvalue weighted by Crippen LogP contribution is -2.40. The van der Waals surface area contributed by atoms with Gasteiger partial charge < -0.3 is 10.4 Å². The predicted octanol–water partition coefficient (Wildman–Crippen LogP) is 2.32. The first-order valence-corrected chi connectivity index (χ1v) is 7.45. The number of piperidine rings is 1. The standard InChI is InChI=1S/C14H16BrFN2O3/c15-10-1-2-12(11(16)7-10)17-13(19)8-18-5-3-9(4-6-18)14(20)21/h1-2,7,9H,3-6,8H2,(H,17,19)(H,20,21). The molecule has 1 aliphatic heterocycles. The first-order chi connectivity index (χ1) is 9.95. The molecule has 0 aromatic heterocycles.